The van der Waals surface area contributed by atoms with Crippen LogP contribution in [0.3, 0.4) is 0 Å². The monoisotopic (exact) mass is 361 g/mol. The second-order valence-electron chi connectivity index (χ2n) is 5.94. The number of hydrogen-bond acceptors (Lipinski definition) is 2. The number of rotatable bonds is 4. The molecule has 1 heterocycles. The van der Waals surface area contributed by atoms with E-state index in [0.29, 0.717) is 5.02 Å². The number of benzene rings is 3. The van der Waals surface area contributed by atoms with Gasteiger partial charge in [-0.25, -0.2) is 5.43 Å². The van der Waals surface area contributed by atoms with Crippen LogP contribution in [0.15, 0.2) is 77.9 Å². The highest BCUT2D eigenvalue weighted by atomic mass is 35.5. The minimum absolute atomic E-state index is 0.188. The summed E-state index contributed by atoms with van der Waals surface area (Å²) in [6.07, 6.45) is 1.55. The maximum Gasteiger partial charge on any atom is 0.260 e. The van der Waals surface area contributed by atoms with Crippen LogP contribution < -0.4 is 5.43 Å². The number of aromatic nitrogens is 1. The summed E-state index contributed by atoms with van der Waals surface area (Å²) in [6, 6.07) is 23.5. The first-order chi connectivity index (χ1) is 12.7. The molecule has 4 aromatic rings. The van der Waals surface area contributed by atoms with Crippen molar-refractivity contribution in [2.24, 2.45) is 5.10 Å². The Morgan fingerprint density at radius 3 is 2.15 bits per heavy atom. The van der Waals surface area contributed by atoms with Crippen LogP contribution in [0.25, 0.3) is 21.8 Å². The van der Waals surface area contributed by atoms with Gasteiger partial charge in [0, 0.05) is 32.4 Å². The third-order valence-electron chi connectivity index (χ3n) is 4.28. The summed E-state index contributed by atoms with van der Waals surface area (Å²) in [5.74, 6) is -0.195. The highest BCUT2D eigenvalue weighted by molar-refractivity contribution is 6.33. The van der Waals surface area contributed by atoms with E-state index in [2.05, 4.69) is 22.7 Å². The van der Waals surface area contributed by atoms with E-state index >= 15 is 0 Å². The van der Waals surface area contributed by atoms with Crippen LogP contribution in [0.1, 0.15) is 5.56 Å². The molecule has 1 N–H and O–H groups in total. The molecular formula is C21H16ClN3O. The van der Waals surface area contributed by atoms with Crippen LogP contribution in [0.2, 0.25) is 5.02 Å². The summed E-state index contributed by atoms with van der Waals surface area (Å²) < 4.78 is 2.00. The first-order valence-electron chi connectivity index (χ1n) is 8.26. The van der Waals surface area contributed by atoms with Crippen LogP contribution in [-0.2, 0) is 11.3 Å². The molecule has 0 fully saturated rings. The molecule has 0 unspecified atom stereocenters. The SMILES string of the molecule is O=C(Cn1c2ccccc2c2ccccc21)N/N=C/c1ccccc1Cl. The van der Waals surface area contributed by atoms with Crippen LogP contribution in [0, 0.1) is 0 Å². The van der Waals surface area contributed by atoms with E-state index in [1.807, 2.05) is 59.2 Å². The Bertz CT molecular complexity index is 1080. The van der Waals surface area contributed by atoms with Gasteiger partial charge in [-0.3, -0.25) is 4.79 Å². The Morgan fingerprint density at radius 2 is 1.50 bits per heavy atom. The molecule has 3 aromatic carbocycles. The minimum atomic E-state index is -0.195. The van der Waals surface area contributed by atoms with Crippen molar-refractivity contribution in [2.75, 3.05) is 0 Å². The summed E-state index contributed by atoms with van der Waals surface area (Å²) in [5, 5.41) is 6.88. The zero-order chi connectivity index (χ0) is 17.9. The average molecular weight is 362 g/mol. The largest absolute Gasteiger partial charge is 0.331 e. The lowest BCUT2D eigenvalue weighted by molar-refractivity contribution is -0.121. The Kier molecular flexibility index (Phi) is 4.42. The Labute approximate surface area is 155 Å². The molecule has 26 heavy (non-hydrogen) atoms. The summed E-state index contributed by atoms with van der Waals surface area (Å²) in [4.78, 5) is 12.4. The van der Waals surface area contributed by atoms with Crippen molar-refractivity contribution < 1.29 is 4.79 Å². The molecule has 0 bridgehead atoms. The number of carbonyl (C=O) groups is 1. The van der Waals surface area contributed by atoms with E-state index in [4.69, 9.17) is 11.6 Å². The van der Waals surface area contributed by atoms with Gasteiger partial charge in [-0.1, -0.05) is 66.2 Å². The number of fused-ring (bicyclic) bond motifs is 3. The Balaban J connectivity index is 1.59. The molecule has 0 spiro atoms. The molecule has 0 saturated carbocycles. The van der Waals surface area contributed by atoms with Crippen molar-refractivity contribution in [2.45, 2.75) is 6.54 Å². The minimum Gasteiger partial charge on any atom is -0.331 e. The lowest BCUT2D eigenvalue weighted by atomic mass is 10.2. The van der Waals surface area contributed by atoms with E-state index in [1.54, 1.807) is 12.3 Å². The predicted molar refractivity (Wildman–Crippen MR) is 107 cm³/mol. The molecule has 1 aromatic heterocycles. The molecule has 0 saturated heterocycles. The van der Waals surface area contributed by atoms with E-state index in [0.717, 1.165) is 27.4 Å². The quantitative estimate of drug-likeness (QED) is 0.419. The molecule has 5 heteroatoms. The maximum atomic E-state index is 12.4. The zero-order valence-electron chi connectivity index (χ0n) is 13.9. The number of hydrazone groups is 1. The topological polar surface area (TPSA) is 46.4 Å². The molecule has 0 aliphatic heterocycles. The number of nitrogens with zero attached hydrogens (tertiary/aromatic N) is 2. The van der Waals surface area contributed by atoms with Gasteiger partial charge in [0.25, 0.3) is 5.91 Å². The summed E-state index contributed by atoms with van der Waals surface area (Å²) in [7, 11) is 0. The van der Waals surface area contributed by atoms with Gasteiger partial charge in [0.15, 0.2) is 0 Å². The van der Waals surface area contributed by atoms with Crippen LogP contribution in [0.4, 0.5) is 0 Å². The fourth-order valence-electron chi connectivity index (χ4n) is 3.11. The van der Waals surface area contributed by atoms with E-state index in [1.165, 1.54) is 0 Å². The van der Waals surface area contributed by atoms with Crippen molar-refractivity contribution in [3.05, 3.63) is 83.4 Å². The van der Waals surface area contributed by atoms with Crippen molar-refractivity contribution >= 4 is 45.5 Å². The maximum absolute atomic E-state index is 12.4. The van der Waals surface area contributed by atoms with Crippen molar-refractivity contribution in [3.8, 4) is 0 Å². The number of halogens is 1. The lowest BCUT2D eigenvalue weighted by Gasteiger charge is -2.06. The molecule has 0 radical (unpaired) electrons. The van der Waals surface area contributed by atoms with Crippen LogP contribution >= 0.6 is 11.6 Å². The fourth-order valence-corrected chi connectivity index (χ4v) is 3.29. The van der Waals surface area contributed by atoms with E-state index in [9.17, 15) is 4.79 Å². The normalized spacial score (nSPS) is 11.4. The number of carbonyl (C=O) groups excluding carboxylic acids is 1. The van der Waals surface area contributed by atoms with Crippen molar-refractivity contribution in [1.29, 1.82) is 0 Å². The molecule has 0 aliphatic rings. The van der Waals surface area contributed by atoms with Gasteiger partial charge in [-0.05, 0) is 18.2 Å². The highest BCUT2D eigenvalue weighted by Gasteiger charge is 2.12. The second-order valence-corrected chi connectivity index (χ2v) is 6.34. The van der Waals surface area contributed by atoms with Gasteiger partial charge < -0.3 is 4.57 Å². The summed E-state index contributed by atoms with van der Waals surface area (Å²) in [5.41, 5.74) is 5.39. The third-order valence-corrected chi connectivity index (χ3v) is 4.62. The molecule has 4 rings (SSSR count). The Morgan fingerprint density at radius 1 is 0.923 bits per heavy atom. The average Bonchev–Trinajstić information content (AvgIpc) is 2.98. The van der Waals surface area contributed by atoms with Crippen molar-refractivity contribution in [1.82, 2.24) is 9.99 Å². The summed E-state index contributed by atoms with van der Waals surface area (Å²) >= 11 is 6.08. The number of para-hydroxylation sites is 2. The van der Waals surface area contributed by atoms with Gasteiger partial charge in [-0.2, -0.15) is 5.10 Å². The van der Waals surface area contributed by atoms with E-state index in [-0.39, 0.29) is 12.5 Å². The van der Waals surface area contributed by atoms with Crippen molar-refractivity contribution in [3.63, 3.8) is 0 Å². The predicted octanol–water partition coefficient (Wildman–Crippen LogP) is 4.60. The molecular weight excluding hydrogens is 346 g/mol. The smallest absolute Gasteiger partial charge is 0.260 e. The fraction of sp³-hybridized carbons (Fsp3) is 0.0476. The number of amides is 1. The molecule has 4 nitrogen and oxygen atoms in total. The first kappa shape index (κ1) is 16.4. The molecule has 0 aliphatic carbocycles. The van der Waals surface area contributed by atoms with Gasteiger partial charge in [0.2, 0.25) is 0 Å². The lowest BCUT2D eigenvalue weighted by Crippen LogP contribution is -2.23. The van der Waals surface area contributed by atoms with Gasteiger partial charge in [0.1, 0.15) is 6.54 Å². The third kappa shape index (κ3) is 3.07. The standard InChI is InChI=1S/C21H16ClN3O/c22-18-10-4-1-7-15(18)13-23-24-21(26)14-25-19-11-5-2-8-16(19)17-9-3-6-12-20(17)25/h1-13H,14H2,(H,24,26)/b23-13+. The summed E-state index contributed by atoms with van der Waals surface area (Å²) in [6.45, 7) is 0.188. The molecule has 0 atom stereocenters. The number of nitrogens with one attached hydrogen (secondary N) is 1. The van der Waals surface area contributed by atoms with Gasteiger partial charge in [-0.15, -0.1) is 0 Å². The van der Waals surface area contributed by atoms with Crippen LogP contribution in [-0.4, -0.2) is 16.7 Å². The zero-order valence-corrected chi connectivity index (χ0v) is 14.6. The first-order valence-corrected chi connectivity index (χ1v) is 8.64. The Hall–Kier alpha value is -3.11. The second kappa shape index (κ2) is 7.02. The molecule has 128 valence electrons. The van der Waals surface area contributed by atoms with Gasteiger partial charge >= 0.3 is 0 Å². The van der Waals surface area contributed by atoms with E-state index < -0.39 is 0 Å². The van der Waals surface area contributed by atoms with Gasteiger partial charge in [0.05, 0.1) is 6.21 Å². The van der Waals surface area contributed by atoms with Crippen LogP contribution in [0.5, 0.6) is 0 Å². The highest BCUT2D eigenvalue weighted by Crippen LogP contribution is 2.28. The molecule has 1 amide bonds. The number of hydrogen-bond donors (Lipinski definition) is 1.